The van der Waals surface area contributed by atoms with Crippen LogP contribution in [0.4, 0.5) is 0 Å². The molecule has 1 unspecified atom stereocenters. The fourth-order valence-corrected chi connectivity index (χ4v) is 3.19. The molecule has 0 aliphatic carbocycles. The maximum atomic E-state index is 12.7. The molecule has 0 saturated carbocycles. The molecule has 0 fully saturated rings. The number of nitrogens with zero attached hydrogens (tertiary/aromatic N) is 2. The Labute approximate surface area is 178 Å². The number of nitrogens with one attached hydrogen (secondary N) is 1. The highest BCUT2D eigenvalue weighted by Gasteiger charge is 2.14. The summed E-state index contributed by atoms with van der Waals surface area (Å²) in [5.74, 6) is -0.812. The first kappa shape index (κ1) is 21.5. The van der Waals surface area contributed by atoms with E-state index >= 15 is 0 Å². The molecule has 1 amide bonds. The summed E-state index contributed by atoms with van der Waals surface area (Å²) in [6.45, 7) is -0.107. The summed E-state index contributed by atoms with van der Waals surface area (Å²) >= 11 is 5.87. The molecule has 3 rings (SSSR count). The topological polar surface area (TPSA) is 93.3 Å². The molecule has 0 bridgehead atoms. The molecule has 0 spiro atoms. The van der Waals surface area contributed by atoms with E-state index in [-0.39, 0.29) is 19.1 Å². The summed E-state index contributed by atoms with van der Waals surface area (Å²) in [5.41, 5.74) is 0.626. The van der Waals surface area contributed by atoms with Crippen LogP contribution in [0.15, 0.2) is 76.4 Å². The molecule has 2 aromatic carbocycles. The van der Waals surface area contributed by atoms with E-state index in [1.54, 1.807) is 24.3 Å². The van der Waals surface area contributed by atoms with E-state index in [0.29, 0.717) is 11.6 Å². The smallest absolute Gasteiger partial charge is 0.331 e. The molecule has 0 saturated heterocycles. The minimum absolute atomic E-state index is 0.163. The Kier molecular flexibility index (Phi) is 7.21. The van der Waals surface area contributed by atoms with Crippen LogP contribution in [0.5, 0.6) is 0 Å². The predicted molar refractivity (Wildman–Crippen MR) is 115 cm³/mol. The van der Waals surface area contributed by atoms with Crippen LogP contribution in [0.25, 0.3) is 0 Å². The number of halogens is 1. The third-order valence-electron chi connectivity index (χ3n) is 4.74. The number of hydrogen-bond acceptors (Lipinski definition) is 4. The number of carbonyl (C=O) groups is 1. The van der Waals surface area contributed by atoms with Gasteiger partial charge in [0.05, 0.1) is 13.2 Å². The van der Waals surface area contributed by atoms with Crippen molar-refractivity contribution >= 4 is 17.5 Å². The van der Waals surface area contributed by atoms with Crippen LogP contribution >= 0.6 is 11.6 Å². The quantitative estimate of drug-likeness (QED) is 0.571. The number of aliphatic hydroxyl groups is 1. The van der Waals surface area contributed by atoms with Crippen LogP contribution in [0.2, 0.25) is 5.02 Å². The third-order valence-corrected chi connectivity index (χ3v) is 5.00. The summed E-state index contributed by atoms with van der Waals surface area (Å²) in [7, 11) is 0. The highest BCUT2D eigenvalue weighted by atomic mass is 35.5. The fourth-order valence-electron chi connectivity index (χ4n) is 3.06. The SMILES string of the molecule is O=C(Cn1c(=O)ccn(Cc2ccccc2)c1=O)NCC(CO)c1ccc(Cl)cc1. The van der Waals surface area contributed by atoms with E-state index in [4.69, 9.17) is 11.6 Å². The molecule has 0 aliphatic rings. The van der Waals surface area contributed by atoms with Crippen LogP contribution in [-0.2, 0) is 17.9 Å². The molecule has 0 radical (unpaired) electrons. The zero-order valence-corrected chi connectivity index (χ0v) is 17.0. The molecule has 3 aromatic rings. The number of carbonyl (C=O) groups excluding carboxylic acids is 1. The third kappa shape index (κ3) is 5.46. The molecule has 0 aliphatic heterocycles. The molecule has 1 aromatic heterocycles. The van der Waals surface area contributed by atoms with Crippen molar-refractivity contribution in [2.45, 2.75) is 19.0 Å². The normalized spacial score (nSPS) is 11.8. The zero-order valence-electron chi connectivity index (χ0n) is 16.2. The van der Waals surface area contributed by atoms with E-state index in [2.05, 4.69) is 5.32 Å². The fraction of sp³-hybridized carbons (Fsp3) is 0.227. The first-order valence-electron chi connectivity index (χ1n) is 9.45. The van der Waals surface area contributed by atoms with Gasteiger partial charge in [0, 0.05) is 29.7 Å². The summed E-state index contributed by atoms with van der Waals surface area (Å²) < 4.78 is 2.28. The Balaban J connectivity index is 1.68. The lowest BCUT2D eigenvalue weighted by molar-refractivity contribution is -0.121. The van der Waals surface area contributed by atoms with Crippen molar-refractivity contribution in [3.8, 4) is 0 Å². The van der Waals surface area contributed by atoms with Gasteiger partial charge in [-0.3, -0.25) is 18.7 Å². The first-order chi connectivity index (χ1) is 14.5. The van der Waals surface area contributed by atoms with Crippen LogP contribution in [0.3, 0.4) is 0 Å². The summed E-state index contributed by atoms with van der Waals surface area (Å²) in [4.78, 5) is 37.2. The molecule has 30 heavy (non-hydrogen) atoms. The van der Waals surface area contributed by atoms with Gasteiger partial charge in [0.2, 0.25) is 5.91 Å². The minimum Gasteiger partial charge on any atom is -0.396 e. The second-order valence-electron chi connectivity index (χ2n) is 6.87. The Morgan fingerprint density at radius 3 is 2.40 bits per heavy atom. The van der Waals surface area contributed by atoms with Gasteiger partial charge in [0.1, 0.15) is 6.54 Å². The summed E-state index contributed by atoms with van der Waals surface area (Å²) in [6.07, 6.45) is 1.42. The highest BCUT2D eigenvalue weighted by Crippen LogP contribution is 2.17. The van der Waals surface area contributed by atoms with Gasteiger partial charge in [0.15, 0.2) is 0 Å². The number of aliphatic hydroxyl groups excluding tert-OH is 1. The maximum absolute atomic E-state index is 12.7. The highest BCUT2D eigenvalue weighted by molar-refractivity contribution is 6.30. The van der Waals surface area contributed by atoms with Crippen molar-refractivity contribution in [2.75, 3.05) is 13.2 Å². The number of hydrogen-bond donors (Lipinski definition) is 2. The van der Waals surface area contributed by atoms with Gasteiger partial charge in [0.25, 0.3) is 5.56 Å². The van der Waals surface area contributed by atoms with E-state index in [9.17, 15) is 19.5 Å². The molecule has 156 valence electrons. The lowest BCUT2D eigenvalue weighted by Gasteiger charge is -2.16. The van der Waals surface area contributed by atoms with Crippen molar-refractivity contribution in [3.63, 3.8) is 0 Å². The van der Waals surface area contributed by atoms with Gasteiger partial charge in [-0.15, -0.1) is 0 Å². The summed E-state index contributed by atoms with van der Waals surface area (Å²) in [6, 6.07) is 17.6. The largest absolute Gasteiger partial charge is 0.396 e. The lowest BCUT2D eigenvalue weighted by Crippen LogP contribution is -2.43. The number of aromatic nitrogens is 2. The molecular formula is C22H22ClN3O4. The van der Waals surface area contributed by atoms with Crippen molar-refractivity contribution in [3.05, 3.63) is 104 Å². The Bertz CT molecular complexity index is 1110. The monoisotopic (exact) mass is 427 g/mol. The zero-order chi connectivity index (χ0) is 21.5. The molecule has 2 N–H and O–H groups in total. The number of benzene rings is 2. The predicted octanol–water partition coefficient (Wildman–Crippen LogP) is 1.60. The van der Waals surface area contributed by atoms with Crippen molar-refractivity contribution in [2.24, 2.45) is 0 Å². The Morgan fingerprint density at radius 1 is 1.03 bits per heavy atom. The van der Waals surface area contributed by atoms with Gasteiger partial charge >= 0.3 is 5.69 Å². The Hall–Kier alpha value is -3.16. The van der Waals surface area contributed by atoms with Gasteiger partial charge in [-0.1, -0.05) is 54.1 Å². The number of rotatable bonds is 8. The Morgan fingerprint density at radius 2 is 1.73 bits per heavy atom. The van der Waals surface area contributed by atoms with Crippen molar-refractivity contribution in [1.82, 2.24) is 14.5 Å². The second kappa shape index (κ2) is 10.0. The van der Waals surface area contributed by atoms with E-state index in [1.807, 2.05) is 30.3 Å². The van der Waals surface area contributed by atoms with E-state index in [1.165, 1.54) is 16.8 Å². The van der Waals surface area contributed by atoms with Gasteiger partial charge in [-0.25, -0.2) is 4.79 Å². The number of amides is 1. The van der Waals surface area contributed by atoms with E-state index < -0.39 is 23.7 Å². The van der Waals surface area contributed by atoms with Gasteiger partial charge in [-0.05, 0) is 23.3 Å². The van der Waals surface area contributed by atoms with Gasteiger partial charge in [-0.2, -0.15) is 0 Å². The molecule has 7 nitrogen and oxygen atoms in total. The van der Waals surface area contributed by atoms with E-state index in [0.717, 1.165) is 15.7 Å². The van der Waals surface area contributed by atoms with Crippen molar-refractivity contribution < 1.29 is 9.90 Å². The molecular weight excluding hydrogens is 406 g/mol. The molecule has 1 heterocycles. The average Bonchev–Trinajstić information content (AvgIpc) is 2.75. The van der Waals surface area contributed by atoms with Crippen LogP contribution in [0.1, 0.15) is 17.0 Å². The average molecular weight is 428 g/mol. The standard InChI is InChI=1S/C22H22ClN3O4/c23-19-8-6-17(7-9-19)18(15-27)12-24-20(28)14-26-21(29)10-11-25(22(26)30)13-16-4-2-1-3-5-16/h1-11,18,27H,12-15H2,(H,24,28). The minimum atomic E-state index is -0.557. The van der Waals surface area contributed by atoms with Crippen LogP contribution < -0.4 is 16.6 Å². The van der Waals surface area contributed by atoms with Crippen molar-refractivity contribution in [1.29, 1.82) is 0 Å². The van der Waals surface area contributed by atoms with Crippen LogP contribution in [0, 0.1) is 0 Å². The molecule has 8 heteroatoms. The second-order valence-corrected chi connectivity index (χ2v) is 7.31. The maximum Gasteiger partial charge on any atom is 0.331 e. The lowest BCUT2D eigenvalue weighted by atomic mass is 10.00. The molecule has 1 atom stereocenters. The van der Waals surface area contributed by atoms with Gasteiger partial charge < -0.3 is 10.4 Å². The first-order valence-corrected chi connectivity index (χ1v) is 9.83. The summed E-state index contributed by atoms with van der Waals surface area (Å²) in [5, 5.41) is 12.9. The van der Waals surface area contributed by atoms with Crippen LogP contribution in [-0.4, -0.2) is 33.3 Å².